The van der Waals surface area contributed by atoms with Crippen LogP contribution in [0.4, 0.5) is 25.6 Å². The van der Waals surface area contributed by atoms with Gasteiger partial charge < -0.3 is 25.0 Å². The van der Waals surface area contributed by atoms with E-state index in [2.05, 4.69) is 9.97 Å². The molecule has 0 spiro atoms. The molecule has 0 saturated carbocycles. The van der Waals surface area contributed by atoms with Crippen LogP contribution in [0.5, 0.6) is 5.75 Å². The average Bonchev–Trinajstić information content (AvgIpc) is 3.35. The van der Waals surface area contributed by atoms with E-state index in [9.17, 15) is 14.4 Å². The first-order valence-electron chi connectivity index (χ1n) is 12.5. The molecule has 2 saturated heterocycles. The first kappa shape index (κ1) is 26.0. The minimum atomic E-state index is -0.923. The van der Waals surface area contributed by atoms with Gasteiger partial charge in [-0.05, 0) is 25.1 Å². The number of halogens is 1. The Morgan fingerprint density at radius 2 is 1.77 bits per heavy atom. The second-order valence-electron chi connectivity index (χ2n) is 9.38. The number of amides is 3. The summed E-state index contributed by atoms with van der Waals surface area (Å²) in [6.07, 6.45) is 2.00. The average molecular weight is 536 g/mol. The third-order valence-electron chi connectivity index (χ3n) is 7.20. The third kappa shape index (κ3) is 4.98. The van der Waals surface area contributed by atoms with Gasteiger partial charge in [-0.1, -0.05) is 18.2 Å². The zero-order valence-electron chi connectivity index (χ0n) is 21.3. The summed E-state index contributed by atoms with van der Waals surface area (Å²) in [5, 5.41) is 0. The topological polar surface area (TPSA) is 128 Å². The number of quaternary nitrogens is 1. The van der Waals surface area contributed by atoms with Gasteiger partial charge in [0.2, 0.25) is 5.95 Å². The molecule has 2 atom stereocenters. The fourth-order valence-corrected chi connectivity index (χ4v) is 4.86. The van der Waals surface area contributed by atoms with E-state index >= 15 is 4.39 Å². The highest BCUT2D eigenvalue weighted by molar-refractivity contribution is 5.93. The van der Waals surface area contributed by atoms with E-state index in [4.69, 9.17) is 15.2 Å². The molecule has 39 heavy (non-hydrogen) atoms. The van der Waals surface area contributed by atoms with E-state index in [0.717, 1.165) is 0 Å². The molecule has 2 aromatic carbocycles. The van der Waals surface area contributed by atoms with Gasteiger partial charge in [-0.3, -0.25) is 4.79 Å². The van der Waals surface area contributed by atoms with Crippen LogP contribution in [-0.4, -0.2) is 78.3 Å². The molecule has 5 rings (SSSR count). The molecule has 1 aromatic heterocycles. The molecule has 0 bridgehead atoms. The predicted octanol–water partition coefficient (Wildman–Crippen LogP) is 2.94. The lowest BCUT2D eigenvalue weighted by atomic mass is 10.1. The van der Waals surface area contributed by atoms with Crippen molar-refractivity contribution in [2.75, 3.05) is 44.2 Å². The first-order valence-corrected chi connectivity index (χ1v) is 12.5. The second-order valence-corrected chi connectivity index (χ2v) is 9.38. The van der Waals surface area contributed by atoms with E-state index in [1.165, 1.54) is 31.5 Å². The van der Waals surface area contributed by atoms with Crippen molar-refractivity contribution in [2.45, 2.75) is 13.0 Å². The highest BCUT2D eigenvalue weighted by Gasteiger charge is 2.53. The Hall–Kier alpha value is -4.58. The molecule has 2 aliphatic heterocycles. The highest BCUT2D eigenvalue weighted by atomic mass is 19.1. The molecule has 2 unspecified atom stereocenters. The lowest BCUT2D eigenvalue weighted by molar-refractivity contribution is -0.121. The van der Waals surface area contributed by atoms with Gasteiger partial charge in [0, 0.05) is 61.8 Å². The Morgan fingerprint density at radius 1 is 1.08 bits per heavy atom. The summed E-state index contributed by atoms with van der Waals surface area (Å²) < 4.78 is 25.3. The lowest BCUT2D eigenvalue weighted by Gasteiger charge is -2.34. The number of primary amides is 1. The Kier molecular flexibility index (Phi) is 7.11. The minimum Gasteiger partial charge on any atom is -0.414 e. The zero-order valence-corrected chi connectivity index (χ0v) is 21.3. The van der Waals surface area contributed by atoms with Gasteiger partial charge in [0.15, 0.2) is 6.04 Å². The molecule has 3 heterocycles. The Bertz CT molecular complexity index is 1380. The Balaban J connectivity index is 1.26. The van der Waals surface area contributed by atoms with Crippen molar-refractivity contribution in [3.05, 3.63) is 66.7 Å². The van der Waals surface area contributed by atoms with E-state index in [1.54, 1.807) is 35.2 Å². The van der Waals surface area contributed by atoms with Gasteiger partial charge in [-0.25, -0.2) is 19.2 Å². The van der Waals surface area contributed by atoms with Crippen molar-refractivity contribution < 1.29 is 28.2 Å². The number of piperazine rings is 1. The maximum atomic E-state index is 15.3. The number of para-hydroxylation sites is 1. The minimum absolute atomic E-state index is 0.109. The van der Waals surface area contributed by atoms with E-state index in [1.807, 2.05) is 11.0 Å². The van der Waals surface area contributed by atoms with E-state index in [0.29, 0.717) is 43.4 Å². The van der Waals surface area contributed by atoms with Crippen molar-refractivity contribution in [3.63, 3.8) is 0 Å². The number of nitrogens with zero attached hydrogens (tertiary/aromatic N) is 5. The molecular formula is C27H28FN6O5+. The summed E-state index contributed by atoms with van der Waals surface area (Å²) in [7, 11) is 0. The molecule has 2 aliphatic rings. The lowest BCUT2D eigenvalue weighted by Crippen LogP contribution is -2.61. The van der Waals surface area contributed by atoms with Crippen LogP contribution in [0.15, 0.2) is 60.9 Å². The quantitative estimate of drug-likeness (QED) is 0.477. The summed E-state index contributed by atoms with van der Waals surface area (Å²) in [4.78, 5) is 49.3. The number of benzene rings is 2. The molecule has 11 nitrogen and oxygen atoms in total. The summed E-state index contributed by atoms with van der Waals surface area (Å²) in [5.74, 6) is -0.324. The SMILES string of the molecule is CC(C(N)=O)[N+]1(c2ccc(-c3cnc(N4CCN(C(=O)Oc5ccccc5)CC4)nc3)c(F)c2)CCOC1=O. The summed E-state index contributed by atoms with van der Waals surface area (Å²) in [6, 6.07) is 12.3. The number of carbonyl (C=O) groups excluding carboxylic acids is 3. The monoisotopic (exact) mass is 535 g/mol. The molecule has 0 aliphatic carbocycles. The van der Waals surface area contributed by atoms with Crippen molar-refractivity contribution in [1.29, 1.82) is 0 Å². The van der Waals surface area contributed by atoms with Crippen molar-refractivity contribution in [3.8, 4) is 16.9 Å². The first-order chi connectivity index (χ1) is 18.8. The van der Waals surface area contributed by atoms with Crippen LogP contribution in [0, 0.1) is 5.82 Å². The number of anilines is 1. The van der Waals surface area contributed by atoms with Gasteiger partial charge in [0.25, 0.3) is 5.91 Å². The standard InChI is InChI=1S/C27H27FN6O5/c1-18(24(29)35)34(13-14-38-27(34)37)20-7-8-22(23(28)15-20)19-16-30-25(31-17-19)32-9-11-33(12-10-32)26(36)39-21-5-3-2-4-6-21/h2-8,15-18H,9-14H2,1H3,(H-,29,35)/p+1. The van der Waals surface area contributed by atoms with E-state index < -0.39 is 34.4 Å². The molecule has 3 aromatic rings. The largest absolute Gasteiger partial charge is 0.522 e. The fourth-order valence-electron chi connectivity index (χ4n) is 4.86. The van der Waals surface area contributed by atoms with Crippen molar-refractivity contribution >= 4 is 29.7 Å². The number of rotatable bonds is 6. The molecule has 0 radical (unpaired) electrons. The van der Waals surface area contributed by atoms with E-state index in [-0.39, 0.29) is 24.4 Å². The number of carbonyl (C=O) groups is 3. The number of cyclic esters (lactones) is 1. The predicted molar refractivity (Wildman–Crippen MR) is 140 cm³/mol. The van der Waals surface area contributed by atoms with Crippen LogP contribution in [0.1, 0.15) is 6.92 Å². The van der Waals surface area contributed by atoms with Gasteiger partial charge in [-0.15, -0.1) is 0 Å². The third-order valence-corrected chi connectivity index (χ3v) is 7.20. The number of hydrogen-bond donors (Lipinski definition) is 1. The normalized spacial score (nSPS) is 19.9. The number of aromatic nitrogens is 2. The summed E-state index contributed by atoms with van der Waals surface area (Å²) in [5.41, 5.74) is 6.47. The van der Waals surface area contributed by atoms with Crippen LogP contribution >= 0.6 is 0 Å². The van der Waals surface area contributed by atoms with Gasteiger partial charge in [0.05, 0.1) is 0 Å². The van der Waals surface area contributed by atoms with Crippen LogP contribution in [0.2, 0.25) is 0 Å². The smallest absolute Gasteiger partial charge is 0.414 e. The molecule has 3 amide bonds. The molecule has 2 N–H and O–H groups in total. The summed E-state index contributed by atoms with van der Waals surface area (Å²) >= 11 is 0. The molecule has 2 fully saturated rings. The highest BCUT2D eigenvalue weighted by Crippen LogP contribution is 2.35. The van der Waals surface area contributed by atoms with Crippen LogP contribution in [0.25, 0.3) is 11.1 Å². The Morgan fingerprint density at radius 3 is 2.36 bits per heavy atom. The Labute approximate surface area is 224 Å². The maximum Gasteiger partial charge on any atom is 0.522 e. The number of nitrogens with two attached hydrogens (primary N) is 1. The molecule has 12 heteroatoms. The van der Waals surface area contributed by atoms with Crippen LogP contribution in [-0.2, 0) is 9.53 Å². The van der Waals surface area contributed by atoms with Crippen LogP contribution < -0.4 is 19.9 Å². The maximum absolute atomic E-state index is 15.3. The number of ether oxygens (including phenoxy) is 2. The van der Waals surface area contributed by atoms with Gasteiger partial charge in [-0.2, -0.15) is 9.28 Å². The van der Waals surface area contributed by atoms with Crippen molar-refractivity contribution in [2.24, 2.45) is 5.73 Å². The van der Waals surface area contributed by atoms with Crippen molar-refractivity contribution in [1.82, 2.24) is 19.4 Å². The van der Waals surface area contributed by atoms with Gasteiger partial charge >= 0.3 is 12.2 Å². The number of hydrogen-bond acceptors (Lipinski definition) is 8. The second kappa shape index (κ2) is 10.7. The zero-order chi connectivity index (χ0) is 27.6. The fraction of sp³-hybridized carbons (Fsp3) is 0.296. The van der Waals surface area contributed by atoms with Gasteiger partial charge in [0.1, 0.15) is 30.4 Å². The molecular weight excluding hydrogens is 507 g/mol. The van der Waals surface area contributed by atoms with Crippen LogP contribution in [0.3, 0.4) is 0 Å². The summed E-state index contributed by atoms with van der Waals surface area (Å²) in [6.45, 7) is 3.73. The molecule has 202 valence electrons.